The first kappa shape index (κ1) is 22.3. The number of H-pyrrole nitrogens is 1. The van der Waals surface area contributed by atoms with Crippen molar-refractivity contribution < 1.29 is 29.3 Å². The molecule has 0 bridgehead atoms. The van der Waals surface area contributed by atoms with Crippen LogP contribution in [0.25, 0.3) is 0 Å². The lowest BCUT2D eigenvalue weighted by Crippen LogP contribution is -2.48. The summed E-state index contributed by atoms with van der Waals surface area (Å²) >= 11 is 0. The minimum absolute atomic E-state index is 0.202. The summed E-state index contributed by atoms with van der Waals surface area (Å²) < 4.78 is 11.1. The Hall–Kier alpha value is -3.46. The molecule has 2 fully saturated rings. The number of nitrogens with zero attached hydrogens (tertiary/aromatic N) is 3. The lowest BCUT2D eigenvalue weighted by Gasteiger charge is -2.31. The van der Waals surface area contributed by atoms with Crippen molar-refractivity contribution in [2.75, 3.05) is 33.0 Å². The van der Waals surface area contributed by atoms with Gasteiger partial charge in [-0.25, -0.2) is 4.98 Å². The second-order valence-corrected chi connectivity index (χ2v) is 8.23. The molecule has 5 rings (SSSR count). The summed E-state index contributed by atoms with van der Waals surface area (Å²) in [5.41, 5.74) is 0.365. The third kappa shape index (κ3) is 4.48. The molecule has 182 valence electrons. The fraction of sp³-hybridized carbons (Fsp3) is 0.500. The Bertz CT molecular complexity index is 1050. The van der Waals surface area contributed by atoms with Gasteiger partial charge in [-0.2, -0.15) is 4.99 Å². The van der Waals surface area contributed by atoms with Crippen molar-refractivity contribution >= 4 is 23.6 Å². The van der Waals surface area contributed by atoms with Crippen molar-refractivity contribution in [1.29, 1.82) is 0 Å². The molecule has 34 heavy (non-hydrogen) atoms. The second-order valence-electron chi connectivity index (χ2n) is 8.23. The number of aliphatic hydroxyl groups is 2. The summed E-state index contributed by atoms with van der Waals surface area (Å²) in [4.78, 5) is 37.6. The largest absolute Gasteiger partial charge is 0.394 e. The van der Waals surface area contributed by atoms with Crippen LogP contribution < -0.4 is 21.3 Å². The number of aromatic amines is 1. The van der Waals surface area contributed by atoms with Crippen molar-refractivity contribution in [2.45, 2.75) is 30.6 Å². The number of hydrogen-bond donors (Lipinski definition) is 7. The summed E-state index contributed by atoms with van der Waals surface area (Å²) in [6.07, 6.45) is 4.21. The van der Waals surface area contributed by atoms with E-state index in [-0.39, 0.29) is 30.7 Å². The molecule has 2 amide bonds. The molecule has 1 aromatic heterocycles. The summed E-state index contributed by atoms with van der Waals surface area (Å²) in [7, 11) is 0. The number of fused-ring (bicyclic) bond motifs is 2. The van der Waals surface area contributed by atoms with E-state index in [0.29, 0.717) is 37.9 Å². The number of aliphatic hydroxyl groups excluding tert-OH is 2. The van der Waals surface area contributed by atoms with Crippen molar-refractivity contribution in [3.8, 4) is 0 Å². The van der Waals surface area contributed by atoms with Crippen LogP contribution in [0.2, 0.25) is 0 Å². The molecule has 7 N–H and O–H groups in total. The van der Waals surface area contributed by atoms with E-state index in [1.807, 2.05) is 0 Å². The van der Waals surface area contributed by atoms with Gasteiger partial charge in [-0.1, -0.05) is 0 Å². The Morgan fingerprint density at radius 1 is 1.41 bits per heavy atom. The molecular weight excluding hydrogens is 448 g/mol. The Morgan fingerprint density at radius 2 is 2.26 bits per heavy atom. The van der Waals surface area contributed by atoms with E-state index in [1.165, 1.54) is 12.2 Å². The van der Waals surface area contributed by atoms with Crippen LogP contribution in [0.4, 0.5) is 5.82 Å². The van der Waals surface area contributed by atoms with Crippen molar-refractivity contribution in [2.24, 2.45) is 4.99 Å². The number of rotatable bonds is 7. The molecule has 0 aromatic carbocycles. The molecule has 1 aromatic rings. The Balaban J connectivity index is 1.09. The quantitative estimate of drug-likeness (QED) is 0.123. The van der Waals surface area contributed by atoms with E-state index in [4.69, 9.17) is 9.47 Å². The average Bonchev–Trinajstić information content (AvgIpc) is 3.24. The fourth-order valence-corrected chi connectivity index (χ4v) is 3.95. The zero-order valence-corrected chi connectivity index (χ0v) is 18.2. The number of aromatic nitrogens is 2. The van der Waals surface area contributed by atoms with Gasteiger partial charge in [-0.15, -0.1) is 0 Å². The van der Waals surface area contributed by atoms with Crippen LogP contribution in [0.15, 0.2) is 35.2 Å². The van der Waals surface area contributed by atoms with Crippen molar-refractivity contribution in [3.63, 3.8) is 0 Å². The zero-order chi connectivity index (χ0) is 23.7. The third-order valence-electron chi connectivity index (χ3n) is 5.85. The first-order chi connectivity index (χ1) is 16.5. The van der Waals surface area contributed by atoms with Crippen molar-refractivity contribution in [1.82, 2.24) is 36.1 Å². The van der Waals surface area contributed by atoms with Gasteiger partial charge in [0.2, 0.25) is 17.6 Å². The highest BCUT2D eigenvalue weighted by atomic mass is 16.6. The molecule has 4 aliphatic rings. The van der Waals surface area contributed by atoms with E-state index in [0.717, 1.165) is 5.69 Å². The first-order valence-electron chi connectivity index (χ1n) is 10.9. The molecule has 1 spiro atoms. The minimum Gasteiger partial charge on any atom is -0.394 e. The van der Waals surface area contributed by atoms with Gasteiger partial charge in [-0.3, -0.25) is 9.59 Å². The topological polar surface area (TPSA) is 189 Å². The maximum absolute atomic E-state index is 12.2. The molecule has 0 saturated carbocycles. The number of epoxide rings is 1. The predicted molar refractivity (Wildman–Crippen MR) is 116 cm³/mol. The van der Waals surface area contributed by atoms with Crippen LogP contribution >= 0.6 is 0 Å². The number of imidazole rings is 1. The van der Waals surface area contributed by atoms with Crippen molar-refractivity contribution in [3.05, 3.63) is 35.9 Å². The van der Waals surface area contributed by atoms with Gasteiger partial charge in [0.05, 0.1) is 31.3 Å². The maximum Gasteiger partial charge on any atom is 0.254 e. The molecule has 5 heterocycles. The van der Waals surface area contributed by atoms with Gasteiger partial charge in [0, 0.05) is 31.8 Å². The molecule has 4 atom stereocenters. The highest BCUT2D eigenvalue weighted by Gasteiger charge is 2.53. The highest BCUT2D eigenvalue weighted by Crippen LogP contribution is 2.40. The number of aliphatic imine (C=N–C) groups is 1. The van der Waals surface area contributed by atoms with Crippen LogP contribution in [0.5, 0.6) is 0 Å². The van der Waals surface area contributed by atoms with Gasteiger partial charge < -0.3 is 50.8 Å². The van der Waals surface area contributed by atoms with Crippen LogP contribution in [0.3, 0.4) is 0 Å². The second kappa shape index (κ2) is 9.06. The number of carbonyl (C=O) groups excluding carboxylic acids is 2. The molecule has 4 aliphatic heterocycles. The molecular formula is C20H26N8O6. The summed E-state index contributed by atoms with van der Waals surface area (Å²) in [5, 5.41) is 30.9. The lowest BCUT2D eigenvalue weighted by atomic mass is 10.1. The van der Waals surface area contributed by atoms with Crippen LogP contribution in [0.1, 0.15) is 12.1 Å². The van der Waals surface area contributed by atoms with Crippen LogP contribution in [0, 0.1) is 0 Å². The number of ether oxygens (including phenoxy) is 2. The minimum atomic E-state index is -0.780. The molecule has 14 nitrogen and oxygen atoms in total. The van der Waals surface area contributed by atoms with Crippen LogP contribution in [-0.4, -0.2) is 94.3 Å². The molecule has 14 heteroatoms. The van der Waals surface area contributed by atoms with E-state index in [2.05, 4.69) is 36.2 Å². The Morgan fingerprint density at radius 3 is 3.03 bits per heavy atom. The normalized spacial score (nSPS) is 29.9. The Labute approximate surface area is 194 Å². The summed E-state index contributed by atoms with van der Waals surface area (Å²) in [5.74, 6) is 0.459. The SMILES string of the molecule is O=C(/C=C/C1=CN([C@H]2CC(O)[C@@H](CO)O2)CNC1=O)NCCNC1=Nc2[nH]cnc2C2(CO2)N1. The summed E-state index contributed by atoms with van der Waals surface area (Å²) in [6, 6.07) is 0. The number of hydrogen-bond acceptors (Lipinski definition) is 11. The molecule has 0 radical (unpaired) electrons. The number of carbonyl (C=O) groups is 2. The Kier molecular flexibility index (Phi) is 5.95. The number of amides is 2. The number of nitrogens with one attached hydrogen (secondary N) is 5. The molecule has 0 aliphatic carbocycles. The lowest BCUT2D eigenvalue weighted by molar-refractivity contribution is -0.120. The summed E-state index contributed by atoms with van der Waals surface area (Å²) in [6.45, 7) is 1.15. The van der Waals surface area contributed by atoms with E-state index in [1.54, 1.807) is 17.4 Å². The van der Waals surface area contributed by atoms with Crippen LogP contribution in [-0.2, 0) is 24.8 Å². The smallest absolute Gasteiger partial charge is 0.254 e. The zero-order valence-electron chi connectivity index (χ0n) is 18.2. The van der Waals surface area contributed by atoms with E-state index < -0.39 is 24.2 Å². The van der Waals surface area contributed by atoms with Gasteiger partial charge in [-0.05, 0) is 6.08 Å². The monoisotopic (exact) mass is 474 g/mol. The standard InChI is InChI=1S/C20H26N8O6/c29-7-13-12(30)5-15(34-13)28-6-11(18(32)25-10-28)1-2-14(31)21-3-4-22-19-26-17-16(23-9-24-17)20(27-19)8-33-20/h1-2,6,9,12-13,15,29-30H,3-5,7-8,10H2,(H,21,31)(H,23,24)(H,25,32)(H2,22,26,27)/b2-1+/t12?,13-,15-,20?/m1/s1. The van der Waals surface area contributed by atoms with Gasteiger partial charge in [0.15, 0.2) is 5.82 Å². The van der Waals surface area contributed by atoms with E-state index >= 15 is 0 Å². The van der Waals surface area contributed by atoms with E-state index in [9.17, 15) is 19.8 Å². The highest BCUT2D eigenvalue weighted by molar-refractivity contribution is 5.99. The number of guanidine groups is 1. The molecule has 2 unspecified atom stereocenters. The third-order valence-corrected chi connectivity index (χ3v) is 5.85. The maximum atomic E-state index is 12.2. The molecule has 2 saturated heterocycles. The first-order valence-corrected chi connectivity index (χ1v) is 10.9. The van der Waals surface area contributed by atoms with Gasteiger partial charge in [0.1, 0.15) is 24.6 Å². The average molecular weight is 474 g/mol. The van der Waals surface area contributed by atoms with Gasteiger partial charge >= 0.3 is 0 Å². The van der Waals surface area contributed by atoms with Gasteiger partial charge in [0.25, 0.3) is 5.91 Å². The fourth-order valence-electron chi connectivity index (χ4n) is 3.95. The predicted octanol–water partition coefficient (Wildman–Crippen LogP) is -2.81.